The zero-order valence-electron chi connectivity index (χ0n) is 6.41. The first kappa shape index (κ1) is 8.52. The van der Waals surface area contributed by atoms with Gasteiger partial charge in [-0.05, 0) is 13.3 Å². The summed E-state index contributed by atoms with van der Waals surface area (Å²) in [5.74, 6) is 1.09. The molecular weight excluding hydrogens is 166 g/mol. The fourth-order valence-corrected chi connectivity index (χ4v) is 2.06. The highest BCUT2D eigenvalue weighted by Gasteiger charge is 2.20. The van der Waals surface area contributed by atoms with Crippen LogP contribution in [-0.2, 0) is 14.5 Å². The van der Waals surface area contributed by atoms with Crippen LogP contribution in [0.3, 0.4) is 0 Å². The quantitative estimate of drug-likeness (QED) is 0.600. The van der Waals surface area contributed by atoms with Crippen LogP contribution in [0, 0.1) is 0 Å². The zero-order valence-corrected chi connectivity index (χ0v) is 7.23. The lowest BCUT2D eigenvalue weighted by atomic mass is 10.5. The van der Waals surface area contributed by atoms with Gasteiger partial charge in [-0.2, -0.15) is 0 Å². The number of hydrogen-bond donors (Lipinski definition) is 0. The third-order valence-electron chi connectivity index (χ3n) is 1.44. The number of hydrogen-bond acceptors (Lipinski definition) is 3. The molecule has 0 saturated carbocycles. The number of carbonyl (C=O) groups excluding carboxylic acids is 1. The Morgan fingerprint density at radius 3 is 2.64 bits per heavy atom. The number of nitrogens with zero attached hydrogens (tertiary/aromatic N) is 1. The average Bonchev–Trinajstić information content (AvgIpc) is 1.85. The highest BCUT2D eigenvalue weighted by atomic mass is 32.2. The Balaban J connectivity index is 2.57. The Kier molecular flexibility index (Phi) is 2.49. The summed E-state index contributed by atoms with van der Waals surface area (Å²) in [5.41, 5.74) is 0. The number of rotatable bonds is 1. The van der Waals surface area contributed by atoms with Crippen molar-refractivity contribution in [2.75, 3.05) is 18.1 Å². The molecule has 0 aromatic rings. The molecule has 0 aromatic heterocycles. The molecule has 1 aliphatic rings. The number of carbonyl (C=O) groups is 1. The third-order valence-corrected chi connectivity index (χ3v) is 3.77. The van der Waals surface area contributed by atoms with Crippen LogP contribution in [0.15, 0.2) is 4.36 Å². The van der Waals surface area contributed by atoms with Crippen LogP contribution in [0.5, 0.6) is 0 Å². The van der Waals surface area contributed by atoms with Crippen molar-refractivity contribution < 1.29 is 13.7 Å². The molecule has 0 N–H and O–H groups in total. The van der Waals surface area contributed by atoms with Gasteiger partial charge >= 0.3 is 6.09 Å². The smallest absolute Gasteiger partial charge is 0.441 e. The molecule has 0 atom stereocenters. The first-order valence-corrected chi connectivity index (χ1v) is 5.41. The maximum Gasteiger partial charge on any atom is 0.441 e. The van der Waals surface area contributed by atoms with Gasteiger partial charge in [0, 0.05) is 11.5 Å². The molecule has 0 radical (unpaired) electrons. The van der Waals surface area contributed by atoms with Gasteiger partial charge in [0.25, 0.3) is 0 Å². The largest absolute Gasteiger partial charge is 0.448 e. The molecule has 4 nitrogen and oxygen atoms in total. The van der Waals surface area contributed by atoms with Crippen LogP contribution in [0.25, 0.3) is 0 Å². The Morgan fingerprint density at radius 2 is 2.27 bits per heavy atom. The third kappa shape index (κ3) is 2.18. The fourth-order valence-electron chi connectivity index (χ4n) is 0.768. The van der Waals surface area contributed by atoms with E-state index in [2.05, 4.69) is 9.10 Å². The highest BCUT2D eigenvalue weighted by Crippen LogP contribution is 2.13. The summed E-state index contributed by atoms with van der Waals surface area (Å²) in [4.78, 5) is 10.7. The van der Waals surface area contributed by atoms with E-state index in [1.807, 2.05) is 0 Å². The van der Waals surface area contributed by atoms with Gasteiger partial charge in [-0.1, -0.05) is 0 Å². The van der Waals surface area contributed by atoms with Crippen LogP contribution in [0.4, 0.5) is 4.79 Å². The van der Waals surface area contributed by atoms with E-state index in [1.54, 1.807) is 6.92 Å². The molecular formula is C6H11NO3S. The Hall–Kier alpha value is -0.580. The van der Waals surface area contributed by atoms with E-state index >= 15 is 0 Å². The Labute approximate surface area is 66.1 Å². The van der Waals surface area contributed by atoms with Crippen molar-refractivity contribution in [2.45, 2.75) is 13.3 Å². The normalized spacial score (nSPS) is 20.1. The molecule has 1 heterocycles. The molecule has 11 heavy (non-hydrogen) atoms. The lowest BCUT2D eigenvalue weighted by Crippen LogP contribution is -2.24. The fraction of sp³-hybridized carbons (Fsp3) is 0.833. The van der Waals surface area contributed by atoms with E-state index in [1.165, 1.54) is 0 Å². The van der Waals surface area contributed by atoms with E-state index < -0.39 is 15.8 Å². The molecule has 5 heteroatoms. The molecule has 0 bridgehead atoms. The molecule has 0 unspecified atom stereocenters. The van der Waals surface area contributed by atoms with Gasteiger partial charge in [0.05, 0.1) is 16.3 Å². The summed E-state index contributed by atoms with van der Waals surface area (Å²) in [6, 6.07) is 0. The second-order valence-corrected chi connectivity index (χ2v) is 4.87. The highest BCUT2D eigenvalue weighted by molar-refractivity contribution is 7.95. The standard InChI is InChI=1S/C6H11NO3S/c1-2-10-6(8)7-11(9)4-3-5-11/h2-5H2,1H3. The van der Waals surface area contributed by atoms with Crippen LogP contribution >= 0.6 is 0 Å². The maximum absolute atomic E-state index is 11.3. The molecule has 1 aliphatic heterocycles. The van der Waals surface area contributed by atoms with Crippen LogP contribution < -0.4 is 0 Å². The van der Waals surface area contributed by atoms with Crippen molar-refractivity contribution in [2.24, 2.45) is 4.36 Å². The van der Waals surface area contributed by atoms with Crippen molar-refractivity contribution in [1.29, 1.82) is 0 Å². The molecule has 1 saturated heterocycles. The SMILES string of the molecule is CCOC(=O)N=S1(=O)CCC1. The van der Waals surface area contributed by atoms with Crippen molar-refractivity contribution >= 4 is 15.8 Å². The summed E-state index contributed by atoms with van der Waals surface area (Å²) in [6.45, 7) is 1.98. The summed E-state index contributed by atoms with van der Waals surface area (Å²) in [7, 11) is -2.16. The van der Waals surface area contributed by atoms with Crippen LogP contribution in [0.1, 0.15) is 13.3 Å². The van der Waals surface area contributed by atoms with Crippen LogP contribution in [0.2, 0.25) is 0 Å². The first-order chi connectivity index (χ1) is 5.16. The topological polar surface area (TPSA) is 55.7 Å². The predicted molar refractivity (Wildman–Crippen MR) is 41.9 cm³/mol. The minimum absolute atomic E-state index is 0.290. The second kappa shape index (κ2) is 3.21. The molecule has 1 rings (SSSR count). The van der Waals surface area contributed by atoms with Gasteiger partial charge < -0.3 is 4.74 Å². The van der Waals surface area contributed by atoms with Gasteiger partial charge in [0.1, 0.15) is 0 Å². The number of ether oxygens (including phenoxy) is 1. The summed E-state index contributed by atoms with van der Waals surface area (Å²) in [6.07, 6.45) is 0.221. The lowest BCUT2D eigenvalue weighted by molar-refractivity contribution is 0.164. The molecule has 1 amide bonds. The molecule has 0 aliphatic carbocycles. The number of amides is 1. The monoisotopic (exact) mass is 177 g/mol. The summed E-state index contributed by atoms with van der Waals surface area (Å²) in [5, 5.41) is 0. The zero-order chi connectivity index (χ0) is 8.32. The van der Waals surface area contributed by atoms with Gasteiger partial charge in [-0.25, -0.2) is 9.00 Å². The molecule has 1 fully saturated rings. The van der Waals surface area contributed by atoms with E-state index in [9.17, 15) is 9.00 Å². The molecule has 0 aromatic carbocycles. The van der Waals surface area contributed by atoms with Crippen LogP contribution in [-0.4, -0.2) is 28.4 Å². The second-order valence-electron chi connectivity index (χ2n) is 2.32. The maximum atomic E-state index is 11.3. The van der Waals surface area contributed by atoms with E-state index in [0.717, 1.165) is 6.42 Å². The van der Waals surface area contributed by atoms with Gasteiger partial charge in [-0.15, -0.1) is 4.36 Å². The first-order valence-electron chi connectivity index (χ1n) is 3.55. The Bertz CT molecular complexity index is 255. The summed E-state index contributed by atoms with van der Waals surface area (Å²) < 4.78 is 19.3. The minimum Gasteiger partial charge on any atom is -0.448 e. The minimum atomic E-state index is -2.16. The van der Waals surface area contributed by atoms with Gasteiger partial charge in [-0.3, -0.25) is 0 Å². The van der Waals surface area contributed by atoms with E-state index in [0.29, 0.717) is 11.5 Å². The lowest BCUT2D eigenvalue weighted by Gasteiger charge is -2.16. The van der Waals surface area contributed by atoms with E-state index in [-0.39, 0.29) is 6.61 Å². The van der Waals surface area contributed by atoms with Crippen molar-refractivity contribution in [1.82, 2.24) is 0 Å². The summed E-state index contributed by atoms with van der Waals surface area (Å²) >= 11 is 0. The Morgan fingerprint density at radius 1 is 1.64 bits per heavy atom. The van der Waals surface area contributed by atoms with Crippen molar-refractivity contribution in [3.63, 3.8) is 0 Å². The van der Waals surface area contributed by atoms with E-state index in [4.69, 9.17) is 0 Å². The van der Waals surface area contributed by atoms with Gasteiger partial charge in [0.15, 0.2) is 0 Å². The van der Waals surface area contributed by atoms with Crippen molar-refractivity contribution in [3.05, 3.63) is 0 Å². The predicted octanol–water partition coefficient (Wildman–Crippen LogP) is 1.01. The van der Waals surface area contributed by atoms with Crippen molar-refractivity contribution in [3.8, 4) is 0 Å². The van der Waals surface area contributed by atoms with Gasteiger partial charge in [0.2, 0.25) is 0 Å². The average molecular weight is 177 g/mol. The molecule has 64 valence electrons. The molecule has 0 spiro atoms.